The number of hydrogen-bond acceptors (Lipinski definition) is 4. The molecule has 1 heterocycles. The second-order valence-corrected chi connectivity index (χ2v) is 8.34. The molecule has 0 aliphatic carbocycles. The van der Waals surface area contributed by atoms with Gasteiger partial charge in [-0.2, -0.15) is 4.31 Å². The van der Waals surface area contributed by atoms with Crippen LogP contribution in [0.1, 0.15) is 20.3 Å². The van der Waals surface area contributed by atoms with E-state index in [2.05, 4.69) is 15.9 Å². The molecule has 1 N–H and O–H groups in total. The first kappa shape index (κ1) is 15.6. The summed E-state index contributed by atoms with van der Waals surface area (Å²) in [5, 5.41) is 8.83. The zero-order valence-electron chi connectivity index (χ0n) is 9.96. The van der Waals surface area contributed by atoms with E-state index >= 15 is 0 Å². The number of nitrogens with zero attached hydrogens (tertiary/aromatic N) is 1. The molecular formula is C10H14BrNO4S2. The number of carbonyl (C=O) groups is 1. The number of carboxylic acids is 1. The molecule has 0 spiro atoms. The van der Waals surface area contributed by atoms with Gasteiger partial charge in [-0.25, -0.2) is 8.42 Å². The number of hydrogen-bond donors (Lipinski definition) is 1. The van der Waals surface area contributed by atoms with Crippen LogP contribution in [0.3, 0.4) is 0 Å². The lowest BCUT2D eigenvalue weighted by Crippen LogP contribution is -2.41. The molecule has 5 nitrogen and oxygen atoms in total. The van der Waals surface area contributed by atoms with E-state index in [0.717, 1.165) is 15.6 Å². The minimum absolute atomic E-state index is 0.149. The molecule has 1 aromatic heterocycles. The van der Waals surface area contributed by atoms with Gasteiger partial charge in [-0.3, -0.25) is 4.79 Å². The van der Waals surface area contributed by atoms with Gasteiger partial charge in [0.15, 0.2) is 0 Å². The molecule has 8 heteroatoms. The molecule has 102 valence electrons. The van der Waals surface area contributed by atoms with Crippen LogP contribution >= 0.6 is 27.3 Å². The molecule has 0 amide bonds. The van der Waals surface area contributed by atoms with E-state index in [1.807, 2.05) is 6.92 Å². The van der Waals surface area contributed by atoms with E-state index in [1.165, 1.54) is 6.07 Å². The van der Waals surface area contributed by atoms with Crippen molar-refractivity contribution in [3.63, 3.8) is 0 Å². The van der Waals surface area contributed by atoms with Crippen LogP contribution in [-0.2, 0) is 14.8 Å². The lowest BCUT2D eigenvalue weighted by molar-refractivity contribution is -0.137. The predicted octanol–water partition coefficient (Wildman–Crippen LogP) is 2.38. The molecule has 0 fully saturated rings. The van der Waals surface area contributed by atoms with Crippen LogP contribution in [0.25, 0.3) is 0 Å². The normalized spacial score (nSPS) is 13.8. The van der Waals surface area contributed by atoms with Crippen LogP contribution in [0.15, 0.2) is 20.1 Å². The van der Waals surface area contributed by atoms with E-state index in [-0.39, 0.29) is 10.3 Å². The van der Waals surface area contributed by atoms with Crippen molar-refractivity contribution in [1.29, 1.82) is 0 Å². The Morgan fingerprint density at radius 3 is 2.56 bits per heavy atom. The van der Waals surface area contributed by atoms with Crippen molar-refractivity contribution in [1.82, 2.24) is 4.31 Å². The highest BCUT2D eigenvalue weighted by molar-refractivity contribution is 9.11. The molecule has 0 aromatic carbocycles. The summed E-state index contributed by atoms with van der Waals surface area (Å²) in [5.74, 6) is -1.16. The first-order valence-corrected chi connectivity index (χ1v) is 8.33. The summed E-state index contributed by atoms with van der Waals surface area (Å²) < 4.78 is 26.5. The lowest BCUT2D eigenvalue weighted by Gasteiger charge is -2.25. The van der Waals surface area contributed by atoms with Gasteiger partial charge in [0.1, 0.15) is 10.8 Å². The third kappa shape index (κ3) is 3.53. The largest absolute Gasteiger partial charge is 0.480 e. The average Bonchev–Trinajstić information content (AvgIpc) is 2.72. The average molecular weight is 356 g/mol. The molecule has 0 aliphatic rings. The Morgan fingerprint density at radius 1 is 1.56 bits per heavy atom. The SMILES string of the molecule is CCC(C)N(CC(=O)O)S(=O)(=O)c1ccc(Br)s1. The Balaban J connectivity index is 3.15. The molecule has 1 unspecified atom stereocenters. The first-order valence-electron chi connectivity index (χ1n) is 5.28. The summed E-state index contributed by atoms with van der Waals surface area (Å²) in [6, 6.07) is 2.75. The maximum absolute atomic E-state index is 12.3. The highest BCUT2D eigenvalue weighted by atomic mass is 79.9. The van der Waals surface area contributed by atoms with Crippen LogP contribution in [0, 0.1) is 0 Å². The van der Waals surface area contributed by atoms with E-state index < -0.39 is 22.5 Å². The summed E-state index contributed by atoms with van der Waals surface area (Å²) in [6.07, 6.45) is 0.555. The van der Waals surface area contributed by atoms with E-state index in [1.54, 1.807) is 13.0 Å². The van der Waals surface area contributed by atoms with Crippen LogP contribution in [0.5, 0.6) is 0 Å². The van der Waals surface area contributed by atoms with Gasteiger partial charge in [0.25, 0.3) is 10.0 Å². The molecule has 0 saturated carbocycles. The van der Waals surface area contributed by atoms with Crippen molar-refractivity contribution in [2.75, 3.05) is 6.54 Å². The standard InChI is InChI=1S/C10H14BrNO4S2/c1-3-7(2)12(6-9(13)14)18(15,16)10-5-4-8(11)17-10/h4-5,7H,3,6H2,1-2H3,(H,13,14). The van der Waals surface area contributed by atoms with E-state index in [4.69, 9.17) is 5.11 Å². The number of thiophene rings is 1. The molecule has 1 rings (SSSR count). The summed E-state index contributed by atoms with van der Waals surface area (Å²) in [7, 11) is -3.75. The number of sulfonamides is 1. The smallest absolute Gasteiger partial charge is 0.318 e. The monoisotopic (exact) mass is 355 g/mol. The van der Waals surface area contributed by atoms with Gasteiger partial charge >= 0.3 is 5.97 Å². The number of aliphatic carboxylic acids is 1. The van der Waals surface area contributed by atoms with Gasteiger partial charge in [-0.05, 0) is 41.4 Å². The molecule has 18 heavy (non-hydrogen) atoms. The van der Waals surface area contributed by atoms with Crippen LogP contribution < -0.4 is 0 Å². The first-order chi connectivity index (χ1) is 8.28. The molecule has 0 aliphatic heterocycles. The highest BCUT2D eigenvalue weighted by Gasteiger charge is 2.31. The van der Waals surface area contributed by atoms with Gasteiger partial charge in [0.05, 0.1) is 3.79 Å². The zero-order chi connectivity index (χ0) is 13.9. The maximum Gasteiger partial charge on any atom is 0.318 e. The second kappa shape index (κ2) is 6.14. The lowest BCUT2D eigenvalue weighted by atomic mass is 10.2. The summed E-state index contributed by atoms with van der Waals surface area (Å²) in [5.41, 5.74) is 0. The predicted molar refractivity (Wildman–Crippen MR) is 73.3 cm³/mol. The summed E-state index contributed by atoms with van der Waals surface area (Å²) >= 11 is 4.27. The van der Waals surface area contributed by atoms with Crippen LogP contribution in [0.4, 0.5) is 0 Å². The highest BCUT2D eigenvalue weighted by Crippen LogP contribution is 2.29. The summed E-state index contributed by atoms with van der Waals surface area (Å²) in [4.78, 5) is 10.8. The third-order valence-corrected chi connectivity index (χ3v) is 6.54. The zero-order valence-corrected chi connectivity index (χ0v) is 13.2. The van der Waals surface area contributed by atoms with Crippen molar-refractivity contribution < 1.29 is 18.3 Å². The van der Waals surface area contributed by atoms with Crippen molar-refractivity contribution in [2.45, 2.75) is 30.5 Å². The second-order valence-electron chi connectivity index (χ2n) is 3.76. The Hall–Kier alpha value is -0.440. The van der Waals surface area contributed by atoms with Gasteiger partial charge in [0.2, 0.25) is 0 Å². The molecule has 1 aromatic rings. The molecule has 0 radical (unpaired) electrons. The van der Waals surface area contributed by atoms with E-state index in [0.29, 0.717) is 10.2 Å². The number of halogens is 1. The molecule has 0 saturated heterocycles. The third-order valence-electron chi connectivity index (χ3n) is 2.49. The van der Waals surface area contributed by atoms with Crippen molar-refractivity contribution in [3.8, 4) is 0 Å². The van der Waals surface area contributed by atoms with Crippen molar-refractivity contribution in [3.05, 3.63) is 15.9 Å². The van der Waals surface area contributed by atoms with Gasteiger partial charge in [-0.1, -0.05) is 6.92 Å². The molecule has 0 bridgehead atoms. The Bertz CT molecular complexity index is 526. The Kier molecular flexibility index (Phi) is 5.32. The van der Waals surface area contributed by atoms with Gasteiger partial charge in [-0.15, -0.1) is 11.3 Å². The van der Waals surface area contributed by atoms with Crippen LogP contribution in [0.2, 0.25) is 0 Å². The minimum atomic E-state index is -3.75. The quantitative estimate of drug-likeness (QED) is 0.849. The minimum Gasteiger partial charge on any atom is -0.480 e. The number of carboxylic acid groups (broad SMARTS) is 1. The fraction of sp³-hybridized carbons (Fsp3) is 0.500. The number of rotatable bonds is 6. The van der Waals surface area contributed by atoms with Gasteiger partial charge < -0.3 is 5.11 Å². The molecular weight excluding hydrogens is 342 g/mol. The summed E-state index contributed by atoms with van der Waals surface area (Å²) in [6.45, 7) is 3.00. The van der Waals surface area contributed by atoms with E-state index in [9.17, 15) is 13.2 Å². The maximum atomic E-state index is 12.3. The molecule has 1 atom stereocenters. The topological polar surface area (TPSA) is 74.7 Å². The van der Waals surface area contributed by atoms with Crippen LogP contribution in [-0.4, -0.2) is 36.4 Å². The van der Waals surface area contributed by atoms with Gasteiger partial charge in [0, 0.05) is 6.04 Å². The fourth-order valence-electron chi connectivity index (χ4n) is 1.37. The Labute approximate surface area is 119 Å². The Morgan fingerprint density at radius 2 is 2.17 bits per heavy atom. The van der Waals surface area contributed by atoms with Crippen molar-refractivity contribution >= 4 is 43.3 Å². The van der Waals surface area contributed by atoms with Crippen molar-refractivity contribution in [2.24, 2.45) is 0 Å². The fourth-order valence-corrected chi connectivity index (χ4v) is 5.16.